The van der Waals surface area contributed by atoms with Crippen molar-refractivity contribution in [2.75, 3.05) is 0 Å². The fraction of sp³-hybridized carbons (Fsp3) is 0.294. The molecule has 3 rings (SSSR count). The Kier molecular flexibility index (Phi) is 4.09. The Balaban J connectivity index is 1.58. The second-order valence-corrected chi connectivity index (χ2v) is 5.83. The zero-order valence-corrected chi connectivity index (χ0v) is 12.8. The van der Waals surface area contributed by atoms with E-state index in [-0.39, 0.29) is 35.6 Å². The maximum atomic E-state index is 13.2. The van der Waals surface area contributed by atoms with Crippen molar-refractivity contribution in [1.29, 1.82) is 0 Å². The monoisotopic (exact) mass is 335 g/mol. The molecule has 2 unspecified atom stereocenters. The van der Waals surface area contributed by atoms with Crippen LogP contribution in [0, 0.1) is 24.5 Å². The van der Waals surface area contributed by atoms with Crippen LogP contribution in [0.3, 0.4) is 0 Å². The molecular weight excluding hydrogens is 320 g/mol. The Morgan fingerprint density at radius 2 is 2.04 bits per heavy atom. The number of aromatic carboxylic acids is 1. The Bertz CT molecular complexity index is 815. The number of carboxylic acids is 1. The van der Waals surface area contributed by atoms with Gasteiger partial charge >= 0.3 is 5.97 Å². The minimum absolute atomic E-state index is 0.0605. The first-order chi connectivity index (χ1) is 11.4. The van der Waals surface area contributed by atoms with Crippen LogP contribution < -0.4 is 5.32 Å². The molecule has 1 fully saturated rings. The normalized spacial score (nSPS) is 19.1. The fourth-order valence-electron chi connectivity index (χ4n) is 2.74. The van der Waals surface area contributed by atoms with Gasteiger partial charge in [-0.25, -0.2) is 13.6 Å². The lowest BCUT2D eigenvalue weighted by Crippen LogP contribution is -2.24. The first-order valence-electron chi connectivity index (χ1n) is 7.42. The number of hydrogen-bond acceptors (Lipinski definition) is 3. The van der Waals surface area contributed by atoms with Gasteiger partial charge in [0.1, 0.15) is 17.1 Å². The first-order valence-corrected chi connectivity index (χ1v) is 7.42. The molecule has 0 aliphatic heterocycles. The van der Waals surface area contributed by atoms with Crippen LogP contribution in [0.1, 0.15) is 39.8 Å². The van der Waals surface area contributed by atoms with Gasteiger partial charge in [-0.1, -0.05) is 6.07 Å². The molecule has 126 valence electrons. The standard InChI is InChI=1S/C17H15F2NO4/c1-8-11(17(22)23)5-10(24-8)7-20-16(21)13-6-12(13)9-2-3-14(18)15(19)4-9/h2-5,12-13H,6-7H2,1H3,(H,20,21)(H,22,23). The highest BCUT2D eigenvalue weighted by molar-refractivity contribution is 5.89. The average molecular weight is 335 g/mol. The molecule has 0 spiro atoms. The number of furan rings is 1. The molecule has 2 atom stereocenters. The van der Waals surface area contributed by atoms with Crippen LogP contribution >= 0.6 is 0 Å². The van der Waals surface area contributed by atoms with Gasteiger partial charge in [0.25, 0.3) is 0 Å². The lowest BCUT2D eigenvalue weighted by molar-refractivity contribution is -0.122. The second kappa shape index (κ2) is 6.07. The number of rotatable bonds is 5. The van der Waals surface area contributed by atoms with Gasteiger partial charge in [-0.2, -0.15) is 0 Å². The molecule has 1 aliphatic rings. The van der Waals surface area contributed by atoms with Crippen LogP contribution in [0.5, 0.6) is 0 Å². The Hall–Kier alpha value is -2.70. The van der Waals surface area contributed by atoms with Crippen LogP contribution in [0.4, 0.5) is 8.78 Å². The van der Waals surface area contributed by atoms with Crippen LogP contribution in [0.15, 0.2) is 28.7 Å². The van der Waals surface area contributed by atoms with Crippen LogP contribution in [0.25, 0.3) is 0 Å². The van der Waals surface area contributed by atoms with Crippen molar-refractivity contribution < 1.29 is 27.9 Å². The van der Waals surface area contributed by atoms with Gasteiger partial charge in [0.05, 0.1) is 6.54 Å². The minimum Gasteiger partial charge on any atom is -0.478 e. The molecule has 0 radical (unpaired) electrons. The Morgan fingerprint density at radius 3 is 2.67 bits per heavy atom. The molecule has 0 bridgehead atoms. The van der Waals surface area contributed by atoms with E-state index >= 15 is 0 Å². The van der Waals surface area contributed by atoms with Crippen LogP contribution in [-0.2, 0) is 11.3 Å². The van der Waals surface area contributed by atoms with Crippen molar-refractivity contribution in [1.82, 2.24) is 5.32 Å². The summed E-state index contributed by atoms with van der Waals surface area (Å²) >= 11 is 0. The summed E-state index contributed by atoms with van der Waals surface area (Å²) in [4.78, 5) is 23.0. The second-order valence-electron chi connectivity index (χ2n) is 5.83. The molecule has 2 N–H and O–H groups in total. The third kappa shape index (κ3) is 3.15. The van der Waals surface area contributed by atoms with Gasteiger partial charge in [-0.15, -0.1) is 0 Å². The van der Waals surface area contributed by atoms with E-state index in [9.17, 15) is 18.4 Å². The molecule has 1 aromatic carbocycles. The number of carboxylic acid groups (broad SMARTS) is 1. The van der Waals surface area contributed by atoms with E-state index in [2.05, 4.69) is 5.32 Å². The molecule has 1 aromatic heterocycles. The molecule has 1 heterocycles. The largest absolute Gasteiger partial charge is 0.478 e. The van der Waals surface area contributed by atoms with Crippen molar-refractivity contribution in [3.05, 3.63) is 58.5 Å². The molecule has 5 nitrogen and oxygen atoms in total. The van der Waals surface area contributed by atoms with E-state index in [0.717, 1.165) is 12.1 Å². The quantitative estimate of drug-likeness (QED) is 0.880. The van der Waals surface area contributed by atoms with Crippen molar-refractivity contribution in [2.24, 2.45) is 5.92 Å². The lowest BCUT2D eigenvalue weighted by atomic mass is 10.1. The van der Waals surface area contributed by atoms with Gasteiger partial charge < -0.3 is 14.8 Å². The van der Waals surface area contributed by atoms with E-state index in [1.54, 1.807) is 0 Å². The number of benzene rings is 1. The van der Waals surface area contributed by atoms with Crippen molar-refractivity contribution in [2.45, 2.75) is 25.8 Å². The zero-order chi connectivity index (χ0) is 17.4. The molecular formula is C17H15F2NO4. The number of aryl methyl sites for hydroxylation is 1. The van der Waals surface area contributed by atoms with E-state index < -0.39 is 17.6 Å². The van der Waals surface area contributed by atoms with Crippen LogP contribution in [-0.4, -0.2) is 17.0 Å². The summed E-state index contributed by atoms with van der Waals surface area (Å²) in [5.41, 5.74) is 0.654. The highest BCUT2D eigenvalue weighted by Crippen LogP contribution is 2.47. The van der Waals surface area contributed by atoms with E-state index in [4.69, 9.17) is 9.52 Å². The summed E-state index contributed by atoms with van der Waals surface area (Å²) in [6, 6.07) is 5.02. The Morgan fingerprint density at radius 1 is 1.29 bits per heavy atom. The summed E-state index contributed by atoms with van der Waals surface area (Å²) in [7, 11) is 0. The molecule has 1 saturated carbocycles. The Labute approximate surface area is 136 Å². The molecule has 24 heavy (non-hydrogen) atoms. The lowest BCUT2D eigenvalue weighted by Gasteiger charge is -2.04. The predicted octanol–water partition coefficient (Wildman–Crippen LogP) is 2.98. The minimum atomic E-state index is -1.09. The maximum absolute atomic E-state index is 13.2. The van der Waals surface area contributed by atoms with Gasteiger partial charge in [0, 0.05) is 5.92 Å². The summed E-state index contributed by atoms with van der Waals surface area (Å²) < 4.78 is 31.4. The van der Waals surface area contributed by atoms with Gasteiger partial charge in [-0.3, -0.25) is 4.79 Å². The molecule has 2 aromatic rings. The van der Waals surface area contributed by atoms with Crippen molar-refractivity contribution in [3.63, 3.8) is 0 Å². The van der Waals surface area contributed by atoms with Crippen molar-refractivity contribution in [3.8, 4) is 0 Å². The van der Waals surface area contributed by atoms with Gasteiger partial charge in [0.15, 0.2) is 11.6 Å². The highest BCUT2D eigenvalue weighted by atomic mass is 19.2. The molecule has 1 aliphatic carbocycles. The van der Waals surface area contributed by atoms with E-state index in [1.165, 1.54) is 19.1 Å². The third-order valence-electron chi connectivity index (χ3n) is 4.14. The summed E-state index contributed by atoms with van der Waals surface area (Å²) in [5.74, 6) is -2.96. The first kappa shape index (κ1) is 16.2. The fourth-order valence-corrected chi connectivity index (χ4v) is 2.74. The summed E-state index contributed by atoms with van der Waals surface area (Å²) in [6.07, 6.45) is 0.564. The van der Waals surface area contributed by atoms with E-state index in [1.807, 2.05) is 0 Å². The topological polar surface area (TPSA) is 79.5 Å². The molecule has 0 saturated heterocycles. The average Bonchev–Trinajstić information content (AvgIpc) is 3.24. The number of halogens is 2. The smallest absolute Gasteiger partial charge is 0.339 e. The SMILES string of the molecule is Cc1oc(CNC(=O)C2CC2c2ccc(F)c(F)c2)cc1C(=O)O. The summed E-state index contributed by atoms with van der Waals surface area (Å²) in [5, 5.41) is 11.6. The highest BCUT2D eigenvalue weighted by Gasteiger charge is 2.44. The summed E-state index contributed by atoms with van der Waals surface area (Å²) in [6.45, 7) is 1.61. The van der Waals surface area contributed by atoms with Crippen molar-refractivity contribution >= 4 is 11.9 Å². The van der Waals surface area contributed by atoms with Gasteiger partial charge in [0.2, 0.25) is 5.91 Å². The number of carbonyl (C=O) groups is 2. The van der Waals surface area contributed by atoms with Crippen LogP contribution in [0.2, 0.25) is 0 Å². The van der Waals surface area contributed by atoms with E-state index in [0.29, 0.717) is 17.7 Å². The molecule has 1 amide bonds. The van der Waals surface area contributed by atoms with Gasteiger partial charge in [-0.05, 0) is 43.0 Å². The third-order valence-corrected chi connectivity index (χ3v) is 4.14. The molecule has 7 heteroatoms. The number of amides is 1. The predicted molar refractivity (Wildman–Crippen MR) is 79.5 cm³/mol. The zero-order valence-electron chi connectivity index (χ0n) is 12.8. The number of carbonyl (C=O) groups excluding carboxylic acids is 1. The maximum Gasteiger partial charge on any atom is 0.339 e. The number of nitrogens with one attached hydrogen (secondary N) is 1. The number of hydrogen-bond donors (Lipinski definition) is 2.